The van der Waals surface area contributed by atoms with Gasteiger partial charge in [0.1, 0.15) is 0 Å². The molecule has 0 heterocycles. The van der Waals surface area contributed by atoms with Crippen molar-refractivity contribution in [2.24, 2.45) is 11.7 Å². The van der Waals surface area contributed by atoms with Crippen LogP contribution in [0.4, 0.5) is 0 Å². The molecule has 4 N–H and O–H groups in total. The highest BCUT2D eigenvalue weighted by atomic mass is 16.4. The van der Waals surface area contributed by atoms with Crippen LogP contribution in [0.3, 0.4) is 0 Å². The van der Waals surface area contributed by atoms with Crippen molar-refractivity contribution in [3.63, 3.8) is 0 Å². The third kappa shape index (κ3) is 2.82. The molecule has 1 fully saturated rings. The first-order valence-electron chi connectivity index (χ1n) is 6.80. The Hall–Kier alpha value is -1.88. The van der Waals surface area contributed by atoms with Crippen molar-refractivity contribution in [3.05, 3.63) is 35.9 Å². The molecule has 1 aromatic rings. The zero-order chi connectivity index (χ0) is 14.8. The second kappa shape index (κ2) is 5.63. The van der Waals surface area contributed by atoms with Crippen LogP contribution in [-0.4, -0.2) is 23.0 Å². The number of benzene rings is 1. The fraction of sp³-hybridized carbons (Fsp3) is 0.467. The minimum Gasteiger partial charge on any atom is -0.479 e. The van der Waals surface area contributed by atoms with E-state index in [1.165, 1.54) is 6.92 Å². The summed E-state index contributed by atoms with van der Waals surface area (Å²) in [5.74, 6) is -1.49. The van der Waals surface area contributed by atoms with E-state index in [1.54, 1.807) is 24.3 Å². The summed E-state index contributed by atoms with van der Waals surface area (Å²) in [6, 6.07) is 8.77. The maximum Gasteiger partial charge on any atom is 0.333 e. The summed E-state index contributed by atoms with van der Waals surface area (Å²) >= 11 is 0. The number of nitrogens with two attached hydrogens (primary N) is 1. The number of hydrogen-bond acceptors (Lipinski definition) is 3. The van der Waals surface area contributed by atoms with E-state index < -0.39 is 11.5 Å². The first kappa shape index (κ1) is 14.5. The summed E-state index contributed by atoms with van der Waals surface area (Å²) in [6.07, 6.45) is 2.15. The van der Waals surface area contributed by atoms with Crippen LogP contribution in [0.5, 0.6) is 0 Å². The van der Waals surface area contributed by atoms with E-state index in [0.717, 1.165) is 12.8 Å². The van der Waals surface area contributed by atoms with Crippen molar-refractivity contribution >= 4 is 11.9 Å². The summed E-state index contributed by atoms with van der Waals surface area (Å²) in [5.41, 5.74) is 4.95. The van der Waals surface area contributed by atoms with Crippen LogP contribution < -0.4 is 11.1 Å². The van der Waals surface area contributed by atoms with Gasteiger partial charge in [0, 0.05) is 12.0 Å². The van der Waals surface area contributed by atoms with Crippen molar-refractivity contribution in [2.45, 2.75) is 37.8 Å². The van der Waals surface area contributed by atoms with Crippen molar-refractivity contribution in [2.75, 3.05) is 0 Å². The van der Waals surface area contributed by atoms with Crippen LogP contribution in [0, 0.1) is 5.92 Å². The molecular weight excluding hydrogens is 256 g/mol. The molecule has 0 saturated heterocycles. The Morgan fingerprint density at radius 3 is 2.45 bits per heavy atom. The highest BCUT2D eigenvalue weighted by Gasteiger charge is 2.39. The molecule has 5 nitrogen and oxygen atoms in total. The number of carbonyl (C=O) groups excluding carboxylic acids is 1. The minimum absolute atomic E-state index is 0.0403. The van der Waals surface area contributed by atoms with Gasteiger partial charge in [-0.3, -0.25) is 4.79 Å². The molecule has 5 heteroatoms. The van der Waals surface area contributed by atoms with Crippen LogP contribution in [0.1, 0.15) is 31.7 Å². The lowest BCUT2D eigenvalue weighted by Gasteiger charge is -2.28. The van der Waals surface area contributed by atoms with Crippen LogP contribution >= 0.6 is 0 Å². The average Bonchev–Trinajstić information content (AvgIpc) is 2.86. The monoisotopic (exact) mass is 276 g/mol. The molecule has 1 amide bonds. The quantitative estimate of drug-likeness (QED) is 0.771. The van der Waals surface area contributed by atoms with Crippen molar-refractivity contribution < 1.29 is 14.7 Å². The predicted molar refractivity (Wildman–Crippen MR) is 74.9 cm³/mol. The zero-order valence-electron chi connectivity index (χ0n) is 11.5. The Morgan fingerprint density at radius 1 is 1.30 bits per heavy atom. The second-order valence-corrected chi connectivity index (χ2v) is 5.56. The van der Waals surface area contributed by atoms with E-state index in [0.29, 0.717) is 12.0 Å². The molecule has 0 radical (unpaired) electrons. The van der Waals surface area contributed by atoms with E-state index >= 15 is 0 Å². The molecule has 1 aliphatic rings. The molecule has 1 aliphatic carbocycles. The Labute approximate surface area is 118 Å². The summed E-state index contributed by atoms with van der Waals surface area (Å²) in [6.45, 7) is 1.51. The highest BCUT2D eigenvalue weighted by molar-refractivity contribution is 5.89. The molecule has 0 aromatic heterocycles. The molecule has 3 unspecified atom stereocenters. The van der Waals surface area contributed by atoms with Crippen molar-refractivity contribution in [3.8, 4) is 0 Å². The second-order valence-electron chi connectivity index (χ2n) is 5.56. The Kier molecular flexibility index (Phi) is 4.09. The van der Waals surface area contributed by atoms with E-state index in [1.807, 2.05) is 6.07 Å². The smallest absolute Gasteiger partial charge is 0.333 e. The molecule has 3 atom stereocenters. The fourth-order valence-electron chi connectivity index (χ4n) is 2.62. The van der Waals surface area contributed by atoms with Gasteiger partial charge in [-0.2, -0.15) is 0 Å². The largest absolute Gasteiger partial charge is 0.479 e. The maximum atomic E-state index is 12.3. The number of rotatable bonds is 4. The fourth-order valence-corrected chi connectivity index (χ4v) is 2.62. The number of nitrogens with one attached hydrogen (secondary N) is 1. The number of carboxylic acids is 1. The molecule has 1 aromatic carbocycles. The van der Waals surface area contributed by atoms with Crippen LogP contribution in [-0.2, 0) is 15.1 Å². The van der Waals surface area contributed by atoms with Gasteiger partial charge in [0.2, 0.25) is 5.91 Å². The molecule has 1 saturated carbocycles. The third-order valence-electron chi connectivity index (χ3n) is 4.00. The van der Waals surface area contributed by atoms with Crippen LogP contribution in [0.25, 0.3) is 0 Å². The predicted octanol–water partition coefficient (Wildman–Crippen LogP) is 1.23. The summed E-state index contributed by atoms with van der Waals surface area (Å²) in [4.78, 5) is 23.9. The minimum atomic E-state index is -1.41. The number of amides is 1. The molecule has 0 bridgehead atoms. The number of hydrogen-bond donors (Lipinski definition) is 3. The topological polar surface area (TPSA) is 92.4 Å². The van der Waals surface area contributed by atoms with Gasteiger partial charge in [-0.1, -0.05) is 30.3 Å². The van der Waals surface area contributed by atoms with Gasteiger partial charge in [0.05, 0.1) is 0 Å². The van der Waals surface area contributed by atoms with Crippen molar-refractivity contribution in [1.29, 1.82) is 0 Å². The lowest BCUT2D eigenvalue weighted by Crippen LogP contribution is -2.51. The SMILES string of the molecule is CC(NC(=O)C1CCC(N)C1)(C(=O)O)c1ccccc1. The lowest BCUT2D eigenvalue weighted by atomic mass is 9.91. The summed E-state index contributed by atoms with van der Waals surface area (Å²) in [5, 5.41) is 12.2. The third-order valence-corrected chi connectivity index (χ3v) is 4.00. The van der Waals surface area contributed by atoms with Crippen molar-refractivity contribution in [1.82, 2.24) is 5.32 Å². The lowest BCUT2D eigenvalue weighted by molar-refractivity contribution is -0.148. The van der Waals surface area contributed by atoms with Gasteiger partial charge >= 0.3 is 5.97 Å². The van der Waals surface area contributed by atoms with E-state index in [9.17, 15) is 14.7 Å². The molecule has 2 rings (SSSR count). The van der Waals surface area contributed by atoms with Gasteiger partial charge in [0.15, 0.2) is 5.54 Å². The summed E-state index contributed by atoms with van der Waals surface area (Å²) < 4.78 is 0. The van der Waals surface area contributed by atoms with Crippen LogP contribution in [0.2, 0.25) is 0 Å². The van der Waals surface area contributed by atoms with E-state index in [4.69, 9.17) is 5.73 Å². The normalized spacial score (nSPS) is 24.9. The average molecular weight is 276 g/mol. The Balaban J connectivity index is 2.18. The van der Waals surface area contributed by atoms with E-state index in [-0.39, 0.29) is 17.9 Å². The van der Waals surface area contributed by atoms with Crippen LogP contribution in [0.15, 0.2) is 30.3 Å². The molecule has 108 valence electrons. The van der Waals surface area contributed by atoms with Gasteiger partial charge in [-0.25, -0.2) is 4.79 Å². The standard InChI is InChI=1S/C15H20N2O3/c1-15(14(19)20,11-5-3-2-4-6-11)17-13(18)10-7-8-12(16)9-10/h2-6,10,12H,7-9,16H2,1H3,(H,17,18)(H,19,20). The van der Waals surface area contributed by atoms with Gasteiger partial charge in [0.25, 0.3) is 0 Å². The molecular formula is C15H20N2O3. The Morgan fingerprint density at radius 2 is 1.95 bits per heavy atom. The van der Waals surface area contributed by atoms with Gasteiger partial charge in [-0.05, 0) is 31.7 Å². The summed E-state index contributed by atoms with van der Waals surface area (Å²) in [7, 11) is 0. The first-order valence-corrected chi connectivity index (χ1v) is 6.80. The first-order chi connectivity index (χ1) is 9.43. The van der Waals surface area contributed by atoms with Gasteiger partial charge in [-0.15, -0.1) is 0 Å². The number of carbonyl (C=O) groups is 2. The maximum absolute atomic E-state index is 12.3. The highest BCUT2D eigenvalue weighted by Crippen LogP contribution is 2.27. The zero-order valence-corrected chi connectivity index (χ0v) is 11.5. The number of carboxylic acid groups (broad SMARTS) is 1. The Bertz CT molecular complexity index is 503. The molecule has 0 spiro atoms. The van der Waals surface area contributed by atoms with E-state index in [2.05, 4.69) is 5.32 Å². The molecule has 20 heavy (non-hydrogen) atoms. The molecule has 0 aliphatic heterocycles. The number of aliphatic carboxylic acids is 1. The van der Waals surface area contributed by atoms with Gasteiger partial charge < -0.3 is 16.2 Å².